The van der Waals surface area contributed by atoms with Crippen molar-refractivity contribution in [2.24, 2.45) is 5.11 Å². The molecule has 2 atom stereocenters. The first-order chi connectivity index (χ1) is 9.54. The van der Waals surface area contributed by atoms with Crippen LogP contribution in [-0.2, 0) is 0 Å². The number of nitrogens with zero attached hydrogens (tertiary/aromatic N) is 2. The largest absolute Gasteiger partial charge is 0.595 e. The summed E-state index contributed by atoms with van der Waals surface area (Å²) in [6, 6.07) is 9.45. The van der Waals surface area contributed by atoms with Crippen LogP contribution in [0.4, 0.5) is 0 Å². The van der Waals surface area contributed by atoms with Gasteiger partial charge in [0.25, 0.3) is 0 Å². The van der Waals surface area contributed by atoms with E-state index in [1.165, 1.54) is 6.20 Å². The summed E-state index contributed by atoms with van der Waals surface area (Å²) in [4.78, 5) is 0.579. The number of benzene rings is 1. The molecular formula is C16H24N2O2. The molecular weight excluding hydrogens is 252 g/mol. The van der Waals surface area contributed by atoms with Crippen molar-refractivity contribution in [3.8, 4) is 0 Å². The van der Waals surface area contributed by atoms with Crippen LogP contribution in [0.15, 0.2) is 41.6 Å². The molecule has 0 fully saturated rings. The number of aliphatic hydroxyl groups is 1. The molecule has 1 aromatic rings. The second-order valence-electron chi connectivity index (χ2n) is 5.02. The third kappa shape index (κ3) is 5.53. The van der Waals surface area contributed by atoms with Gasteiger partial charge in [0.05, 0.1) is 6.10 Å². The third-order valence-corrected chi connectivity index (χ3v) is 3.20. The van der Waals surface area contributed by atoms with Crippen LogP contribution in [0, 0.1) is 5.21 Å². The van der Waals surface area contributed by atoms with Crippen LogP contribution in [0.3, 0.4) is 0 Å². The van der Waals surface area contributed by atoms with Crippen LogP contribution in [-0.4, -0.2) is 22.1 Å². The fourth-order valence-electron chi connectivity index (χ4n) is 1.75. The van der Waals surface area contributed by atoms with Gasteiger partial charge in [-0.2, -0.15) is 0 Å². The Morgan fingerprint density at radius 3 is 2.55 bits per heavy atom. The maximum absolute atomic E-state index is 11.9. The number of unbranched alkanes of at least 4 members (excludes halogenated alkanes) is 1. The topological polar surface area (TPSA) is 58.7 Å². The van der Waals surface area contributed by atoms with Crippen LogP contribution < -0.4 is 0 Å². The minimum atomic E-state index is -0.629. The van der Waals surface area contributed by atoms with E-state index in [-0.39, 0.29) is 0 Å². The van der Waals surface area contributed by atoms with Gasteiger partial charge < -0.3 is 10.3 Å². The van der Waals surface area contributed by atoms with Gasteiger partial charge in [-0.25, -0.2) is 0 Å². The molecule has 0 bridgehead atoms. The molecule has 0 aliphatic carbocycles. The Kier molecular flexibility index (Phi) is 6.94. The molecule has 20 heavy (non-hydrogen) atoms. The van der Waals surface area contributed by atoms with E-state index in [9.17, 15) is 10.3 Å². The average Bonchev–Trinajstić information content (AvgIpc) is 2.44. The highest BCUT2D eigenvalue weighted by Gasteiger charge is 2.11. The normalized spacial score (nSPS) is 16.0. The summed E-state index contributed by atoms with van der Waals surface area (Å²) < 4.78 is 0. The highest BCUT2D eigenvalue weighted by atomic mass is 16.5. The van der Waals surface area contributed by atoms with E-state index < -0.39 is 12.1 Å². The summed E-state index contributed by atoms with van der Waals surface area (Å²) >= 11 is 0. The molecule has 0 amide bonds. The summed E-state index contributed by atoms with van der Waals surface area (Å²) in [5, 5.41) is 25.2. The highest BCUT2D eigenvalue weighted by molar-refractivity contribution is 5.64. The first-order valence-corrected chi connectivity index (χ1v) is 7.16. The molecule has 0 saturated carbocycles. The van der Waals surface area contributed by atoms with Crippen molar-refractivity contribution in [1.29, 1.82) is 0 Å². The first kappa shape index (κ1) is 16.4. The van der Waals surface area contributed by atoms with Crippen molar-refractivity contribution in [1.82, 2.24) is 0 Å². The Hall–Kier alpha value is -1.68. The van der Waals surface area contributed by atoms with Gasteiger partial charge in [-0.05, 0) is 37.4 Å². The summed E-state index contributed by atoms with van der Waals surface area (Å²) in [5.74, 6) is 0. The van der Waals surface area contributed by atoms with E-state index >= 15 is 0 Å². The minimum Gasteiger partial charge on any atom is -0.595 e. The van der Waals surface area contributed by atoms with Crippen molar-refractivity contribution in [2.45, 2.75) is 52.2 Å². The Morgan fingerprint density at radius 2 is 2.00 bits per heavy atom. The number of hydrogen-bond acceptors (Lipinski definition) is 3. The Bertz CT molecular complexity index is 453. The predicted octanol–water partition coefficient (Wildman–Crippen LogP) is 3.95. The molecule has 0 aromatic heterocycles. The molecule has 1 rings (SSSR count). The molecule has 1 N–H and O–H groups in total. The minimum absolute atomic E-state index is 0.410. The maximum atomic E-state index is 11.9. The molecule has 0 aliphatic rings. The van der Waals surface area contributed by atoms with Crippen molar-refractivity contribution >= 4 is 5.57 Å². The van der Waals surface area contributed by atoms with E-state index in [1.807, 2.05) is 30.3 Å². The zero-order valence-corrected chi connectivity index (χ0v) is 12.5. The Balaban J connectivity index is 2.95. The summed E-state index contributed by atoms with van der Waals surface area (Å²) in [6.07, 6.45) is 3.84. The Labute approximate surface area is 121 Å². The molecule has 0 heterocycles. The van der Waals surface area contributed by atoms with E-state index in [0.29, 0.717) is 4.86 Å². The lowest BCUT2D eigenvalue weighted by atomic mass is 10.0. The van der Waals surface area contributed by atoms with Crippen molar-refractivity contribution < 1.29 is 9.97 Å². The van der Waals surface area contributed by atoms with Gasteiger partial charge in [0.15, 0.2) is 0 Å². The average molecular weight is 276 g/mol. The number of hydroxylamine groups is 1. The monoisotopic (exact) mass is 276 g/mol. The van der Waals surface area contributed by atoms with E-state index in [0.717, 1.165) is 30.4 Å². The lowest BCUT2D eigenvalue weighted by Crippen LogP contribution is -2.18. The van der Waals surface area contributed by atoms with Gasteiger partial charge in [-0.3, -0.25) is 0 Å². The number of rotatable bonds is 7. The first-order valence-electron chi connectivity index (χ1n) is 7.16. The van der Waals surface area contributed by atoms with Crippen LogP contribution in [0.2, 0.25) is 0 Å². The molecule has 0 saturated heterocycles. The fraction of sp³-hybridized carbons (Fsp3) is 0.500. The summed E-state index contributed by atoms with van der Waals surface area (Å²) in [5.41, 5.74) is 2.02. The molecule has 4 nitrogen and oxygen atoms in total. The Morgan fingerprint density at radius 1 is 1.35 bits per heavy atom. The predicted molar refractivity (Wildman–Crippen MR) is 81.1 cm³/mol. The summed E-state index contributed by atoms with van der Waals surface area (Å²) in [6.45, 7) is 5.47. The van der Waals surface area contributed by atoms with Gasteiger partial charge in [-0.1, -0.05) is 48.5 Å². The third-order valence-electron chi connectivity index (χ3n) is 3.20. The van der Waals surface area contributed by atoms with Gasteiger partial charge in [-0.15, -0.1) is 0 Å². The van der Waals surface area contributed by atoms with E-state index in [1.54, 1.807) is 13.8 Å². The zero-order valence-electron chi connectivity index (χ0n) is 12.5. The van der Waals surface area contributed by atoms with Gasteiger partial charge in [0, 0.05) is 5.57 Å². The number of aliphatic hydroxyl groups excluding tert-OH is 1. The van der Waals surface area contributed by atoms with Crippen molar-refractivity contribution in [3.05, 3.63) is 47.3 Å². The fourth-order valence-corrected chi connectivity index (χ4v) is 1.75. The quantitative estimate of drug-likeness (QED) is 0.465. The number of azo groups is 1. The van der Waals surface area contributed by atoms with Gasteiger partial charge >= 0.3 is 0 Å². The molecule has 4 heteroatoms. The van der Waals surface area contributed by atoms with Gasteiger partial charge in [0.2, 0.25) is 6.20 Å². The summed E-state index contributed by atoms with van der Waals surface area (Å²) in [7, 11) is 0. The molecule has 2 unspecified atom stereocenters. The number of allylic oxidation sites excluding steroid dienone is 1. The molecule has 0 aliphatic heterocycles. The smallest absolute Gasteiger partial charge is 0.213 e. The van der Waals surface area contributed by atoms with Crippen molar-refractivity contribution in [2.75, 3.05) is 0 Å². The highest BCUT2D eigenvalue weighted by Crippen LogP contribution is 2.20. The van der Waals surface area contributed by atoms with Gasteiger partial charge in [0.1, 0.15) is 6.04 Å². The van der Waals surface area contributed by atoms with Crippen LogP contribution >= 0.6 is 0 Å². The number of hydrogen-bond donors (Lipinski definition) is 1. The zero-order chi connectivity index (χ0) is 15.0. The second-order valence-corrected chi connectivity index (χ2v) is 5.02. The SMILES string of the molecule is CCCC/C(=C/[N+]([O-])=NC(C)C(C)O)c1ccccc1. The van der Waals surface area contributed by atoms with E-state index in [2.05, 4.69) is 12.0 Å². The van der Waals surface area contributed by atoms with Crippen LogP contribution in [0.1, 0.15) is 45.6 Å². The standard InChI is InChI=1S/C16H24N2O2/c1-4-5-9-16(15-10-7-6-8-11-15)12-18(20)17-13(2)14(3)19/h6-8,10-14,19H,4-5,9H2,1-3H3/b16-12-,18-17?. The molecule has 0 radical (unpaired) electrons. The van der Waals surface area contributed by atoms with Crippen molar-refractivity contribution in [3.63, 3.8) is 0 Å². The van der Waals surface area contributed by atoms with E-state index in [4.69, 9.17) is 0 Å². The lowest BCUT2D eigenvalue weighted by molar-refractivity contribution is -0.462. The van der Waals surface area contributed by atoms with Crippen LogP contribution in [0.25, 0.3) is 5.57 Å². The molecule has 1 aromatic carbocycles. The maximum Gasteiger partial charge on any atom is 0.213 e. The lowest BCUT2D eigenvalue weighted by Gasteiger charge is -2.08. The second kappa shape index (κ2) is 8.48. The van der Waals surface area contributed by atoms with Crippen LogP contribution in [0.5, 0.6) is 0 Å². The molecule has 0 spiro atoms. The molecule has 110 valence electrons.